The fourth-order valence-corrected chi connectivity index (χ4v) is 3.45. The van der Waals surface area contributed by atoms with Crippen LogP contribution < -0.4 is 11.1 Å². The van der Waals surface area contributed by atoms with Crippen molar-refractivity contribution in [2.45, 2.75) is 51.4 Å². The Labute approximate surface area is 98.2 Å². The quantitative estimate of drug-likeness (QED) is 0.768. The Kier molecular flexibility index (Phi) is 3.85. The van der Waals surface area contributed by atoms with E-state index in [0.29, 0.717) is 0 Å². The average Bonchev–Trinajstić information content (AvgIpc) is 2.62. The van der Waals surface area contributed by atoms with E-state index in [9.17, 15) is 4.79 Å². The molecule has 0 aromatic carbocycles. The molecular weight excluding hydrogens is 200 g/mol. The van der Waals surface area contributed by atoms with Gasteiger partial charge in [-0.2, -0.15) is 0 Å². The van der Waals surface area contributed by atoms with Gasteiger partial charge in [0.15, 0.2) is 0 Å². The molecular formula is C13H24N2O. The van der Waals surface area contributed by atoms with E-state index in [4.69, 9.17) is 5.73 Å². The summed E-state index contributed by atoms with van der Waals surface area (Å²) in [5.41, 5.74) is 5.49. The van der Waals surface area contributed by atoms with Crippen molar-refractivity contribution in [2.24, 2.45) is 17.1 Å². The number of rotatable bonds is 3. The van der Waals surface area contributed by atoms with Gasteiger partial charge in [0.05, 0.1) is 5.41 Å². The number of nitrogens with two attached hydrogens (primary N) is 1. The lowest BCUT2D eigenvalue weighted by molar-refractivity contribution is -0.129. The third-order valence-corrected chi connectivity index (χ3v) is 4.47. The molecule has 2 rings (SSSR count). The number of nitrogens with one attached hydrogen (secondary N) is 1. The van der Waals surface area contributed by atoms with Crippen LogP contribution in [0.15, 0.2) is 0 Å². The van der Waals surface area contributed by atoms with Gasteiger partial charge in [-0.1, -0.05) is 25.7 Å². The molecule has 1 aliphatic carbocycles. The van der Waals surface area contributed by atoms with E-state index in [1.165, 1.54) is 25.7 Å². The molecule has 2 aliphatic rings. The lowest BCUT2D eigenvalue weighted by Crippen LogP contribution is -2.39. The highest BCUT2D eigenvalue weighted by Crippen LogP contribution is 2.41. The molecule has 1 aliphatic heterocycles. The van der Waals surface area contributed by atoms with Crippen LogP contribution in [-0.2, 0) is 4.79 Å². The number of hydrogen-bond acceptors (Lipinski definition) is 2. The van der Waals surface area contributed by atoms with Gasteiger partial charge in [-0.05, 0) is 44.7 Å². The van der Waals surface area contributed by atoms with Crippen LogP contribution >= 0.6 is 0 Å². The molecule has 3 N–H and O–H groups in total. The first kappa shape index (κ1) is 11.9. The predicted octanol–water partition coefficient (Wildman–Crippen LogP) is 1.81. The molecule has 92 valence electrons. The summed E-state index contributed by atoms with van der Waals surface area (Å²) in [6.45, 7) is 2.00. The van der Waals surface area contributed by atoms with Crippen molar-refractivity contribution in [3.05, 3.63) is 0 Å². The molecule has 0 aromatic heterocycles. The van der Waals surface area contributed by atoms with Crippen molar-refractivity contribution in [3.8, 4) is 0 Å². The summed E-state index contributed by atoms with van der Waals surface area (Å²) in [5, 5.41) is 3.37. The van der Waals surface area contributed by atoms with Crippen LogP contribution in [0, 0.1) is 11.3 Å². The van der Waals surface area contributed by atoms with E-state index >= 15 is 0 Å². The Hall–Kier alpha value is -0.570. The molecule has 0 aromatic rings. The third kappa shape index (κ3) is 2.57. The highest BCUT2D eigenvalue weighted by Gasteiger charge is 2.39. The number of carbonyl (C=O) groups excluding carboxylic acids is 1. The van der Waals surface area contributed by atoms with Crippen molar-refractivity contribution in [3.63, 3.8) is 0 Å². The van der Waals surface area contributed by atoms with E-state index in [2.05, 4.69) is 5.32 Å². The van der Waals surface area contributed by atoms with Crippen molar-refractivity contribution in [1.82, 2.24) is 5.32 Å². The molecule has 3 nitrogen and oxygen atoms in total. The van der Waals surface area contributed by atoms with Gasteiger partial charge in [0.1, 0.15) is 0 Å². The second-order valence-electron chi connectivity index (χ2n) is 5.60. The molecule has 1 amide bonds. The van der Waals surface area contributed by atoms with Gasteiger partial charge in [0.25, 0.3) is 0 Å². The Balaban J connectivity index is 2.03. The molecule has 1 saturated carbocycles. The zero-order valence-corrected chi connectivity index (χ0v) is 10.1. The minimum absolute atomic E-state index is 0.0527. The minimum atomic E-state index is -0.196. The summed E-state index contributed by atoms with van der Waals surface area (Å²) in [4.78, 5) is 11.8. The van der Waals surface area contributed by atoms with Crippen molar-refractivity contribution in [1.29, 1.82) is 0 Å². The SMILES string of the molecule is NC(=O)C1(CC2CCCC2)CCCNCC1. The zero-order valence-electron chi connectivity index (χ0n) is 10.1. The standard InChI is InChI=1S/C13H24N2O/c14-12(16)13(6-3-8-15-9-7-13)10-11-4-1-2-5-11/h11,15H,1-10H2,(H2,14,16). The lowest BCUT2D eigenvalue weighted by atomic mass is 9.73. The maximum absolute atomic E-state index is 11.8. The van der Waals surface area contributed by atoms with E-state index in [0.717, 1.165) is 44.7 Å². The van der Waals surface area contributed by atoms with Crippen LogP contribution in [0.2, 0.25) is 0 Å². The normalized spacial score (nSPS) is 32.5. The fraction of sp³-hybridized carbons (Fsp3) is 0.923. The first-order valence-electron chi connectivity index (χ1n) is 6.74. The van der Waals surface area contributed by atoms with Crippen LogP contribution in [0.4, 0.5) is 0 Å². The number of primary amides is 1. The second-order valence-corrected chi connectivity index (χ2v) is 5.60. The summed E-state index contributed by atoms with van der Waals surface area (Å²) in [6, 6.07) is 0. The molecule has 1 atom stereocenters. The van der Waals surface area contributed by atoms with Crippen LogP contribution in [0.25, 0.3) is 0 Å². The molecule has 1 saturated heterocycles. The summed E-state index contributed by atoms with van der Waals surface area (Å²) in [5.74, 6) is 0.702. The number of amides is 1. The average molecular weight is 224 g/mol. The largest absolute Gasteiger partial charge is 0.369 e. The lowest BCUT2D eigenvalue weighted by Gasteiger charge is -2.31. The Morgan fingerprint density at radius 2 is 1.94 bits per heavy atom. The molecule has 2 fully saturated rings. The first-order chi connectivity index (χ1) is 7.73. The molecule has 0 radical (unpaired) electrons. The second kappa shape index (κ2) is 5.17. The van der Waals surface area contributed by atoms with Gasteiger partial charge in [0, 0.05) is 0 Å². The van der Waals surface area contributed by atoms with Crippen molar-refractivity contribution in [2.75, 3.05) is 13.1 Å². The summed E-state index contributed by atoms with van der Waals surface area (Å²) >= 11 is 0. The van der Waals surface area contributed by atoms with Gasteiger partial charge in [0.2, 0.25) is 5.91 Å². The van der Waals surface area contributed by atoms with Gasteiger partial charge in [-0.3, -0.25) is 4.79 Å². The van der Waals surface area contributed by atoms with Gasteiger partial charge in [-0.15, -0.1) is 0 Å². The zero-order chi connectivity index (χ0) is 11.4. The topological polar surface area (TPSA) is 55.1 Å². The van der Waals surface area contributed by atoms with Gasteiger partial charge < -0.3 is 11.1 Å². The third-order valence-electron chi connectivity index (χ3n) is 4.47. The van der Waals surface area contributed by atoms with E-state index < -0.39 is 0 Å². The molecule has 16 heavy (non-hydrogen) atoms. The smallest absolute Gasteiger partial charge is 0.223 e. The van der Waals surface area contributed by atoms with E-state index in [1.807, 2.05) is 0 Å². The summed E-state index contributed by atoms with van der Waals surface area (Å²) < 4.78 is 0. The molecule has 3 heteroatoms. The Bertz CT molecular complexity index is 238. The molecule has 1 heterocycles. The van der Waals surface area contributed by atoms with Crippen molar-refractivity contribution < 1.29 is 4.79 Å². The number of carbonyl (C=O) groups is 1. The Morgan fingerprint density at radius 3 is 2.62 bits per heavy atom. The van der Waals surface area contributed by atoms with Crippen LogP contribution in [0.1, 0.15) is 51.4 Å². The Morgan fingerprint density at radius 1 is 1.19 bits per heavy atom. The van der Waals surface area contributed by atoms with Crippen LogP contribution in [0.5, 0.6) is 0 Å². The van der Waals surface area contributed by atoms with E-state index in [1.54, 1.807) is 0 Å². The molecule has 0 bridgehead atoms. The van der Waals surface area contributed by atoms with Crippen molar-refractivity contribution >= 4 is 5.91 Å². The minimum Gasteiger partial charge on any atom is -0.369 e. The maximum atomic E-state index is 11.8. The monoisotopic (exact) mass is 224 g/mol. The molecule has 1 unspecified atom stereocenters. The highest BCUT2D eigenvalue weighted by molar-refractivity contribution is 5.80. The summed E-state index contributed by atoms with van der Waals surface area (Å²) in [7, 11) is 0. The predicted molar refractivity (Wildman–Crippen MR) is 64.9 cm³/mol. The van der Waals surface area contributed by atoms with Crippen LogP contribution in [-0.4, -0.2) is 19.0 Å². The fourth-order valence-electron chi connectivity index (χ4n) is 3.45. The summed E-state index contributed by atoms with van der Waals surface area (Å²) in [6.07, 6.45) is 9.38. The first-order valence-corrected chi connectivity index (χ1v) is 6.74. The highest BCUT2D eigenvalue weighted by atomic mass is 16.1. The van der Waals surface area contributed by atoms with E-state index in [-0.39, 0.29) is 11.3 Å². The maximum Gasteiger partial charge on any atom is 0.223 e. The van der Waals surface area contributed by atoms with Crippen LogP contribution in [0.3, 0.4) is 0 Å². The molecule has 0 spiro atoms. The van der Waals surface area contributed by atoms with Gasteiger partial charge >= 0.3 is 0 Å². The van der Waals surface area contributed by atoms with Gasteiger partial charge in [-0.25, -0.2) is 0 Å². The number of hydrogen-bond donors (Lipinski definition) is 2.